The first-order chi connectivity index (χ1) is 13.2. The van der Waals surface area contributed by atoms with E-state index in [9.17, 15) is 8.78 Å². The number of anilines is 1. The van der Waals surface area contributed by atoms with Crippen LogP contribution in [0.1, 0.15) is 12.8 Å². The number of hydrogen-bond donors (Lipinski definition) is 2. The standard InChI is InChI=1S/C18H23F2N5S2.HI/c1-21-17(22-6-2-9-26-18-23-7-10-27-18)24-14-5-8-25(12-14)16-4-3-13(19)11-15(16)20;/h3-4,7,10-11,14H,2,5-6,8-9,12H2,1H3,(H2,21,22,24);1H. The van der Waals surface area contributed by atoms with Crippen molar-refractivity contribution >= 4 is 58.7 Å². The van der Waals surface area contributed by atoms with Crippen LogP contribution >= 0.6 is 47.1 Å². The molecule has 2 heterocycles. The second kappa shape index (κ2) is 11.8. The quantitative estimate of drug-likeness (QED) is 0.184. The van der Waals surface area contributed by atoms with E-state index in [1.54, 1.807) is 30.1 Å². The Morgan fingerprint density at radius 3 is 3.00 bits per heavy atom. The van der Waals surface area contributed by atoms with Crippen LogP contribution in [0.4, 0.5) is 14.5 Å². The summed E-state index contributed by atoms with van der Waals surface area (Å²) < 4.78 is 28.1. The van der Waals surface area contributed by atoms with Gasteiger partial charge >= 0.3 is 0 Å². The maximum atomic E-state index is 14.0. The first-order valence-electron chi connectivity index (χ1n) is 8.85. The highest BCUT2D eigenvalue weighted by atomic mass is 127. The molecule has 10 heteroatoms. The van der Waals surface area contributed by atoms with Gasteiger partial charge in [-0.2, -0.15) is 0 Å². The van der Waals surface area contributed by atoms with Gasteiger partial charge in [0.1, 0.15) is 16.0 Å². The number of aromatic nitrogens is 1. The molecule has 3 rings (SSSR count). The molecule has 1 aliphatic rings. The van der Waals surface area contributed by atoms with Gasteiger partial charge in [-0.3, -0.25) is 4.99 Å². The number of aliphatic imine (C=N–C) groups is 1. The predicted molar refractivity (Wildman–Crippen MR) is 124 cm³/mol. The molecule has 5 nitrogen and oxygen atoms in total. The van der Waals surface area contributed by atoms with Gasteiger partial charge < -0.3 is 15.5 Å². The molecule has 1 aromatic carbocycles. The maximum Gasteiger partial charge on any atom is 0.191 e. The van der Waals surface area contributed by atoms with Gasteiger partial charge in [0, 0.05) is 56.1 Å². The van der Waals surface area contributed by atoms with Crippen LogP contribution in [0.2, 0.25) is 0 Å². The number of hydrogen-bond acceptors (Lipinski definition) is 5. The molecule has 1 atom stereocenters. The zero-order chi connectivity index (χ0) is 19.1. The molecule has 0 radical (unpaired) electrons. The number of thiazole rings is 1. The summed E-state index contributed by atoms with van der Waals surface area (Å²) in [4.78, 5) is 10.4. The molecule has 0 spiro atoms. The van der Waals surface area contributed by atoms with E-state index in [4.69, 9.17) is 0 Å². The minimum Gasteiger partial charge on any atom is -0.367 e. The van der Waals surface area contributed by atoms with Crippen molar-refractivity contribution in [3.63, 3.8) is 0 Å². The second-order valence-electron chi connectivity index (χ2n) is 6.17. The van der Waals surface area contributed by atoms with Gasteiger partial charge in [-0.05, 0) is 25.0 Å². The summed E-state index contributed by atoms with van der Waals surface area (Å²) in [6.45, 7) is 2.20. The van der Waals surface area contributed by atoms with Crippen molar-refractivity contribution in [1.82, 2.24) is 15.6 Å². The van der Waals surface area contributed by atoms with E-state index in [0.29, 0.717) is 12.2 Å². The third-order valence-corrected chi connectivity index (χ3v) is 6.30. The smallest absolute Gasteiger partial charge is 0.191 e. The lowest BCUT2D eigenvalue weighted by Crippen LogP contribution is -2.45. The van der Waals surface area contributed by atoms with Crippen LogP contribution in [-0.2, 0) is 0 Å². The summed E-state index contributed by atoms with van der Waals surface area (Å²) >= 11 is 3.41. The number of guanidine groups is 1. The van der Waals surface area contributed by atoms with Crippen LogP contribution in [-0.4, -0.2) is 49.4 Å². The Balaban J connectivity index is 0.00000280. The lowest BCUT2D eigenvalue weighted by Gasteiger charge is -2.21. The SMILES string of the molecule is CN=C(NCCCSc1nccs1)NC1CCN(c2ccc(F)cc2F)C1.I. The number of thioether (sulfide) groups is 1. The molecule has 1 saturated heterocycles. The lowest BCUT2D eigenvalue weighted by atomic mass is 10.2. The van der Waals surface area contributed by atoms with Crippen molar-refractivity contribution in [2.75, 3.05) is 37.3 Å². The van der Waals surface area contributed by atoms with E-state index in [1.807, 2.05) is 16.5 Å². The van der Waals surface area contributed by atoms with Crippen LogP contribution in [0.3, 0.4) is 0 Å². The van der Waals surface area contributed by atoms with Crippen LogP contribution in [0.5, 0.6) is 0 Å². The minimum atomic E-state index is -0.553. The van der Waals surface area contributed by atoms with E-state index in [1.165, 1.54) is 12.1 Å². The Labute approximate surface area is 189 Å². The summed E-state index contributed by atoms with van der Waals surface area (Å²) in [6.07, 6.45) is 3.69. The van der Waals surface area contributed by atoms with E-state index < -0.39 is 11.6 Å². The fourth-order valence-corrected chi connectivity index (χ4v) is 4.59. The number of nitrogens with zero attached hydrogens (tertiary/aromatic N) is 3. The average molecular weight is 539 g/mol. The van der Waals surface area contributed by atoms with Crippen molar-refractivity contribution in [2.45, 2.75) is 23.2 Å². The number of benzene rings is 1. The molecule has 1 unspecified atom stereocenters. The van der Waals surface area contributed by atoms with Crippen molar-refractivity contribution in [1.29, 1.82) is 0 Å². The van der Waals surface area contributed by atoms with Gasteiger partial charge in [0.15, 0.2) is 5.96 Å². The molecule has 2 N–H and O–H groups in total. The maximum absolute atomic E-state index is 14.0. The molecule has 1 aromatic heterocycles. The third-order valence-electron chi connectivity index (χ3n) is 4.25. The first-order valence-corrected chi connectivity index (χ1v) is 10.7. The largest absolute Gasteiger partial charge is 0.367 e. The molecule has 2 aromatic rings. The van der Waals surface area contributed by atoms with Gasteiger partial charge in [0.2, 0.25) is 0 Å². The average Bonchev–Trinajstić information content (AvgIpc) is 3.32. The monoisotopic (exact) mass is 539 g/mol. The Bertz CT molecular complexity index is 760. The molecule has 0 bridgehead atoms. The van der Waals surface area contributed by atoms with Crippen molar-refractivity contribution in [3.8, 4) is 0 Å². The molecule has 1 aliphatic heterocycles. The van der Waals surface area contributed by atoms with Crippen LogP contribution < -0.4 is 15.5 Å². The Hall–Kier alpha value is -1.14. The Morgan fingerprint density at radius 2 is 2.29 bits per heavy atom. The molecule has 154 valence electrons. The topological polar surface area (TPSA) is 52.6 Å². The zero-order valence-electron chi connectivity index (χ0n) is 15.5. The summed E-state index contributed by atoms with van der Waals surface area (Å²) in [5.41, 5.74) is 0.447. The molecule has 0 aliphatic carbocycles. The zero-order valence-corrected chi connectivity index (χ0v) is 19.5. The van der Waals surface area contributed by atoms with Crippen LogP contribution in [0.15, 0.2) is 39.1 Å². The summed E-state index contributed by atoms with van der Waals surface area (Å²) in [5, 5.41) is 8.68. The van der Waals surface area contributed by atoms with Crippen molar-refractivity contribution in [3.05, 3.63) is 41.4 Å². The number of nitrogens with one attached hydrogen (secondary N) is 2. The van der Waals surface area contributed by atoms with Gasteiger partial charge in [0.25, 0.3) is 0 Å². The Kier molecular flexibility index (Phi) is 9.72. The number of halogens is 3. The van der Waals surface area contributed by atoms with Crippen LogP contribution in [0.25, 0.3) is 0 Å². The number of rotatable bonds is 7. The molecule has 28 heavy (non-hydrogen) atoms. The summed E-state index contributed by atoms with van der Waals surface area (Å²) in [7, 11) is 1.74. The first kappa shape index (κ1) is 23.1. The van der Waals surface area contributed by atoms with Gasteiger partial charge in [-0.25, -0.2) is 13.8 Å². The predicted octanol–water partition coefficient (Wildman–Crippen LogP) is 3.97. The molecular formula is C18H24F2IN5S2. The second-order valence-corrected chi connectivity index (χ2v) is 8.41. The third kappa shape index (κ3) is 6.73. The minimum absolute atomic E-state index is 0. The molecule has 0 amide bonds. The lowest BCUT2D eigenvalue weighted by molar-refractivity contribution is 0.580. The molecular weight excluding hydrogens is 515 g/mol. The summed E-state index contributed by atoms with van der Waals surface area (Å²) in [6, 6.07) is 3.90. The summed E-state index contributed by atoms with van der Waals surface area (Å²) in [5.74, 6) is 0.678. The van der Waals surface area contributed by atoms with E-state index in [-0.39, 0.29) is 30.0 Å². The van der Waals surface area contributed by atoms with Crippen molar-refractivity contribution < 1.29 is 8.78 Å². The Morgan fingerprint density at radius 1 is 1.43 bits per heavy atom. The fraction of sp³-hybridized carbons (Fsp3) is 0.444. The normalized spacial score (nSPS) is 16.8. The van der Waals surface area contributed by atoms with E-state index in [0.717, 1.165) is 48.0 Å². The van der Waals surface area contributed by atoms with Crippen molar-refractivity contribution in [2.24, 2.45) is 4.99 Å². The van der Waals surface area contributed by atoms with E-state index in [2.05, 4.69) is 20.6 Å². The molecule has 0 saturated carbocycles. The van der Waals surface area contributed by atoms with Crippen LogP contribution in [0, 0.1) is 11.6 Å². The highest BCUT2D eigenvalue weighted by Gasteiger charge is 2.25. The van der Waals surface area contributed by atoms with Gasteiger partial charge in [-0.15, -0.1) is 35.3 Å². The highest BCUT2D eigenvalue weighted by Crippen LogP contribution is 2.24. The van der Waals surface area contributed by atoms with Gasteiger partial charge in [-0.1, -0.05) is 11.8 Å². The highest BCUT2D eigenvalue weighted by molar-refractivity contribution is 14.0. The molecule has 1 fully saturated rings. The van der Waals surface area contributed by atoms with E-state index >= 15 is 0 Å². The van der Waals surface area contributed by atoms with Gasteiger partial charge in [0.05, 0.1) is 5.69 Å². The fourth-order valence-electron chi connectivity index (χ4n) is 2.94.